The molecule has 9 atom stereocenters. The monoisotopic (exact) mass is 415 g/mol. The van der Waals surface area contributed by atoms with Gasteiger partial charge < -0.3 is 19.7 Å². The SMILES string of the molecule is CN=C1C=C[C@@]2(C)C(=C1)CC[C@@H]1[C@@H]2[C@@H](O)C[C@@]2(C)[C@H]1C[C@H]1OC(C)O[C@]12C(=O)CO. The Bertz CT molecular complexity index is 864. The summed E-state index contributed by atoms with van der Waals surface area (Å²) in [4.78, 5) is 17.4. The molecule has 3 saturated carbocycles. The number of ketones is 1. The van der Waals surface area contributed by atoms with Gasteiger partial charge in [-0.05, 0) is 56.6 Å². The molecule has 4 fully saturated rings. The summed E-state index contributed by atoms with van der Waals surface area (Å²) in [6.45, 7) is 5.57. The van der Waals surface area contributed by atoms with Gasteiger partial charge in [0.15, 0.2) is 17.7 Å². The number of aliphatic hydroxyl groups excluding tert-OH is 2. The number of hydrogen-bond acceptors (Lipinski definition) is 6. The predicted molar refractivity (Wildman–Crippen MR) is 112 cm³/mol. The summed E-state index contributed by atoms with van der Waals surface area (Å²) >= 11 is 0. The van der Waals surface area contributed by atoms with E-state index in [1.165, 1.54) is 5.57 Å². The molecule has 0 bridgehead atoms. The van der Waals surface area contributed by atoms with E-state index in [2.05, 4.69) is 37.1 Å². The Labute approximate surface area is 178 Å². The summed E-state index contributed by atoms with van der Waals surface area (Å²) < 4.78 is 12.3. The van der Waals surface area contributed by atoms with Crippen LogP contribution in [-0.4, -0.2) is 59.5 Å². The van der Waals surface area contributed by atoms with Gasteiger partial charge in [0, 0.05) is 23.8 Å². The number of rotatable bonds is 2. The van der Waals surface area contributed by atoms with E-state index < -0.39 is 30.0 Å². The van der Waals surface area contributed by atoms with Crippen LogP contribution in [0.4, 0.5) is 0 Å². The van der Waals surface area contributed by atoms with Gasteiger partial charge in [0.05, 0.1) is 17.9 Å². The molecule has 1 saturated heterocycles. The molecular formula is C24H33NO5. The van der Waals surface area contributed by atoms with Crippen LogP contribution in [0.1, 0.15) is 46.5 Å². The van der Waals surface area contributed by atoms with Gasteiger partial charge in [0.25, 0.3) is 0 Å². The number of aliphatic imine (C=N–C) groups is 1. The van der Waals surface area contributed by atoms with Crippen molar-refractivity contribution < 1.29 is 24.5 Å². The number of aliphatic hydroxyl groups is 2. The van der Waals surface area contributed by atoms with Crippen molar-refractivity contribution in [3.8, 4) is 0 Å². The lowest BCUT2D eigenvalue weighted by Crippen LogP contribution is -2.63. The van der Waals surface area contributed by atoms with Crippen molar-refractivity contribution in [2.75, 3.05) is 13.7 Å². The van der Waals surface area contributed by atoms with Gasteiger partial charge in [0.2, 0.25) is 0 Å². The molecule has 2 N–H and O–H groups in total. The summed E-state index contributed by atoms with van der Waals surface area (Å²) in [5.41, 5.74) is 0.386. The van der Waals surface area contributed by atoms with E-state index in [4.69, 9.17) is 9.47 Å². The minimum absolute atomic E-state index is 0.0859. The number of ether oxygens (including phenoxy) is 2. The predicted octanol–water partition coefficient (Wildman–Crippen LogP) is 2.44. The fraction of sp³-hybridized carbons (Fsp3) is 0.750. The number of fused-ring (bicyclic) bond motifs is 7. The number of carbonyl (C=O) groups is 1. The minimum Gasteiger partial charge on any atom is -0.393 e. The number of Topliss-reactive ketones (excluding diaryl/α,β-unsaturated/α-hetero) is 1. The molecule has 0 aromatic heterocycles. The van der Waals surface area contributed by atoms with Crippen molar-refractivity contribution in [3.63, 3.8) is 0 Å². The number of carbonyl (C=O) groups excluding carboxylic acids is 1. The zero-order valence-corrected chi connectivity index (χ0v) is 18.3. The zero-order chi connectivity index (χ0) is 21.5. The maximum Gasteiger partial charge on any atom is 0.193 e. The molecule has 0 aromatic rings. The lowest BCUT2D eigenvalue weighted by Gasteiger charge is -2.59. The van der Waals surface area contributed by atoms with E-state index in [-0.39, 0.29) is 35.1 Å². The van der Waals surface area contributed by atoms with Crippen LogP contribution < -0.4 is 0 Å². The van der Waals surface area contributed by atoms with E-state index in [0.717, 1.165) is 25.0 Å². The van der Waals surface area contributed by atoms with Gasteiger partial charge in [-0.2, -0.15) is 0 Å². The molecule has 0 spiro atoms. The van der Waals surface area contributed by atoms with Crippen molar-refractivity contribution >= 4 is 11.5 Å². The Kier molecular flexibility index (Phi) is 4.51. The minimum atomic E-state index is -1.17. The van der Waals surface area contributed by atoms with E-state index in [9.17, 15) is 15.0 Å². The fourth-order valence-electron chi connectivity index (χ4n) is 8.01. The first-order valence-corrected chi connectivity index (χ1v) is 11.2. The smallest absolute Gasteiger partial charge is 0.193 e. The number of allylic oxidation sites excluding steroid dienone is 4. The first-order valence-electron chi connectivity index (χ1n) is 11.2. The third kappa shape index (κ3) is 2.34. The Morgan fingerprint density at radius 3 is 2.83 bits per heavy atom. The quantitative estimate of drug-likeness (QED) is 0.723. The summed E-state index contributed by atoms with van der Waals surface area (Å²) in [6.07, 6.45) is 8.23. The highest BCUT2D eigenvalue weighted by atomic mass is 16.7. The van der Waals surface area contributed by atoms with Crippen molar-refractivity contribution in [1.82, 2.24) is 0 Å². The molecule has 30 heavy (non-hydrogen) atoms. The molecule has 0 amide bonds. The Morgan fingerprint density at radius 2 is 2.13 bits per heavy atom. The first-order chi connectivity index (χ1) is 14.2. The molecule has 6 nitrogen and oxygen atoms in total. The Morgan fingerprint density at radius 1 is 1.37 bits per heavy atom. The topological polar surface area (TPSA) is 88.4 Å². The Hall–Kier alpha value is -1.34. The summed E-state index contributed by atoms with van der Waals surface area (Å²) in [7, 11) is 1.81. The van der Waals surface area contributed by atoms with Crippen LogP contribution in [0.5, 0.6) is 0 Å². The average molecular weight is 416 g/mol. The summed E-state index contributed by atoms with van der Waals surface area (Å²) in [5, 5.41) is 21.3. The largest absolute Gasteiger partial charge is 0.393 e. The average Bonchev–Trinajstić information content (AvgIpc) is 3.17. The summed E-state index contributed by atoms with van der Waals surface area (Å²) in [6, 6.07) is 0. The maximum atomic E-state index is 13.1. The standard InChI is InChI=1S/C24H33NO5/c1-13-29-20-10-17-16-6-5-14-9-15(25-4)7-8-22(14,2)21(16)18(27)11-23(17,3)24(20,30-13)19(28)12-26/h7-9,13,16-18,20-21,26-27H,5-6,10-12H2,1-4H3/t13?,16-,17-,18-,20+,21+,22-,23-,24+/m0/s1. The molecule has 1 heterocycles. The van der Waals surface area contributed by atoms with E-state index in [0.29, 0.717) is 6.42 Å². The van der Waals surface area contributed by atoms with Crippen molar-refractivity contribution in [2.45, 2.75) is 70.6 Å². The van der Waals surface area contributed by atoms with E-state index >= 15 is 0 Å². The van der Waals surface area contributed by atoms with Gasteiger partial charge in [-0.25, -0.2) is 0 Å². The second-order valence-electron chi connectivity index (χ2n) is 10.3. The maximum absolute atomic E-state index is 13.1. The lowest BCUT2D eigenvalue weighted by atomic mass is 9.46. The summed E-state index contributed by atoms with van der Waals surface area (Å²) in [5.74, 6) is 0.244. The molecular weight excluding hydrogens is 382 g/mol. The van der Waals surface area contributed by atoms with Crippen LogP contribution in [-0.2, 0) is 14.3 Å². The van der Waals surface area contributed by atoms with Crippen molar-refractivity contribution in [2.24, 2.45) is 33.6 Å². The highest BCUT2D eigenvalue weighted by Gasteiger charge is 2.75. The van der Waals surface area contributed by atoms with Crippen molar-refractivity contribution in [1.29, 1.82) is 0 Å². The van der Waals surface area contributed by atoms with Crippen LogP contribution in [0, 0.1) is 28.6 Å². The molecule has 4 aliphatic carbocycles. The molecule has 1 aliphatic heterocycles. The molecule has 5 rings (SSSR count). The van der Waals surface area contributed by atoms with Gasteiger partial charge in [-0.1, -0.05) is 25.5 Å². The third-order valence-corrected chi connectivity index (χ3v) is 9.19. The molecule has 6 heteroatoms. The van der Waals surface area contributed by atoms with Crippen LogP contribution in [0.15, 0.2) is 28.8 Å². The number of hydrogen-bond donors (Lipinski definition) is 2. The van der Waals surface area contributed by atoms with Crippen LogP contribution in [0.25, 0.3) is 0 Å². The normalized spacial score (nSPS) is 53.0. The molecule has 0 radical (unpaired) electrons. The van der Waals surface area contributed by atoms with Gasteiger partial charge >= 0.3 is 0 Å². The van der Waals surface area contributed by atoms with E-state index in [1.54, 1.807) is 0 Å². The van der Waals surface area contributed by atoms with E-state index in [1.807, 2.05) is 14.0 Å². The van der Waals surface area contributed by atoms with Crippen LogP contribution >= 0.6 is 0 Å². The van der Waals surface area contributed by atoms with Crippen molar-refractivity contribution in [3.05, 3.63) is 23.8 Å². The molecule has 164 valence electrons. The van der Waals surface area contributed by atoms with Gasteiger partial charge in [-0.15, -0.1) is 0 Å². The third-order valence-electron chi connectivity index (χ3n) is 9.19. The second kappa shape index (κ2) is 6.58. The van der Waals surface area contributed by atoms with Gasteiger partial charge in [0.1, 0.15) is 6.61 Å². The number of nitrogens with zero attached hydrogens (tertiary/aromatic N) is 1. The fourth-order valence-corrected chi connectivity index (χ4v) is 8.01. The zero-order valence-electron chi connectivity index (χ0n) is 18.3. The highest BCUT2D eigenvalue weighted by Crippen LogP contribution is 2.69. The van der Waals surface area contributed by atoms with Crippen LogP contribution in [0.3, 0.4) is 0 Å². The Balaban J connectivity index is 1.57. The van der Waals surface area contributed by atoms with Crippen LogP contribution in [0.2, 0.25) is 0 Å². The van der Waals surface area contributed by atoms with Gasteiger partial charge in [-0.3, -0.25) is 9.79 Å². The molecule has 5 aliphatic rings. The highest BCUT2D eigenvalue weighted by molar-refractivity contribution is 6.05. The second-order valence-corrected chi connectivity index (χ2v) is 10.3. The molecule has 1 unspecified atom stereocenters. The first kappa shape index (κ1) is 20.6. The molecule has 0 aromatic carbocycles. The lowest BCUT2D eigenvalue weighted by molar-refractivity contribution is -0.196.